The van der Waals surface area contributed by atoms with Crippen LogP contribution in [0.15, 0.2) is 30.3 Å². The number of carboxylic acid groups (broad SMARTS) is 1. The first-order valence-corrected chi connectivity index (χ1v) is 6.62. The summed E-state index contributed by atoms with van der Waals surface area (Å²) in [5.74, 6) is -1.85. The number of benzene rings is 1. The molecule has 0 radical (unpaired) electrons. The summed E-state index contributed by atoms with van der Waals surface area (Å²) in [6.45, 7) is 1.74. The maximum absolute atomic E-state index is 12.1. The van der Waals surface area contributed by atoms with Crippen LogP contribution in [0.5, 0.6) is 0 Å². The van der Waals surface area contributed by atoms with Crippen molar-refractivity contribution in [3.05, 3.63) is 57.3 Å². The summed E-state index contributed by atoms with van der Waals surface area (Å²) in [6, 6.07) is 7.70. The Balaban J connectivity index is 2.42. The molecule has 2 aromatic rings. The highest BCUT2D eigenvalue weighted by atomic mass is 35.5. The van der Waals surface area contributed by atoms with Gasteiger partial charge in [0.1, 0.15) is 11.3 Å². The van der Waals surface area contributed by atoms with E-state index in [1.54, 1.807) is 19.1 Å². The highest BCUT2D eigenvalue weighted by Gasteiger charge is 2.20. The van der Waals surface area contributed by atoms with E-state index in [0.717, 1.165) is 0 Å². The average Bonchev–Trinajstić information content (AvgIpc) is 2.42. The smallest absolute Gasteiger partial charge is 0.339 e. The molecule has 21 heavy (non-hydrogen) atoms. The number of nitrogens with zero attached hydrogens (tertiary/aromatic N) is 1. The molecule has 0 fully saturated rings. The highest BCUT2D eigenvalue weighted by molar-refractivity contribution is 6.38. The fourth-order valence-electron chi connectivity index (χ4n) is 1.73. The van der Waals surface area contributed by atoms with Gasteiger partial charge in [-0.3, -0.25) is 4.79 Å². The predicted molar refractivity (Wildman–Crippen MR) is 80.3 cm³/mol. The van der Waals surface area contributed by atoms with E-state index in [4.69, 9.17) is 23.2 Å². The lowest BCUT2D eigenvalue weighted by Crippen LogP contribution is -2.17. The molecule has 0 saturated heterocycles. The third-order valence-corrected chi connectivity index (χ3v) is 3.31. The summed E-state index contributed by atoms with van der Waals surface area (Å²) in [7, 11) is 0. The van der Waals surface area contributed by atoms with Gasteiger partial charge in [-0.2, -0.15) is 0 Å². The quantitative estimate of drug-likeness (QED) is 0.903. The number of hydrogen-bond donors (Lipinski definition) is 2. The van der Waals surface area contributed by atoms with Gasteiger partial charge in [0.2, 0.25) is 0 Å². The predicted octanol–water partition coefficient (Wildman–Crippen LogP) is 3.65. The van der Waals surface area contributed by atoms with Gasteiger partial charge in [0.25, 0.3) is 5.91 Å². The van der Waals surface area contributed by atoms with Gasteiger partial charge in [0, 0.05) is 5.69 Å². The second-order valence-corrected chi connectivity index (χ2v) is 5.02. The van der Waals surface area contributed by atoms with Crippen LogP contribution >= 0.6 is 23.2 Å². The number of halogens is 2. The fourth-order valence-corrected chi connectivity index (χ4v) is 2.17. The molecule has 5 nitrogen and oxygen atoms in total. The minimum atomic E-state index is -1.28. The summed E-state index contributed by atoms with van der Waals surface area (Å²) >= 11 is 11.8. The first-order valence-electron chi connectivity index (χ1n) is 5.86. The molecule has 2 rings (SSSR count). The molecule has 2 N–H and O–H groups in total. The Morgan fingerprint density at radius 2 is 1.81 bits per heavy atom. The lowest BCUT2D eigenvalue weighted by atomic mass is 10.1. The summed E-state index contributed by atoms with van der Waals surface area (Å²) in [4.78, 5) is 27.5. The van der Waals surface area contributed by atoms with E-state index in [0.29, 0.717) is 5.69 Å². The van der Waals surface area contributed by atoms with Gasteiger partial charge in [-0.1, -0.05) is 29.3 Å². The molecule has 1 aromatic carbocycles. The SMILES string of the molecule is Cc1cccc(C(=O)Nc2c(Cl)ccc(Cl)c2C(=O)O)n1. The van der Waals surface area contributed by atoms with E-state index >= 15 is 0 Å². The number of rotatable bonds is 3. The fraction of sp³-hybridized carbons (Fsp3) is 0.0714. The molecule has 108 valence electrons. The molecular weight excluding hydrogens is 315 g/mol. The van der Waals surface area contributed by atoms with Crippen LogP contribution in [0.1, 0.15) is 26.5 Å². The zero-order valence-corrected chi connectivity index (χ0v) is 12.4. The average molecular weight is 325 g/mol. The van der Waals surface area contributed by atoms with Crippen molar-refractivity contribution in [3.63, 3.8) is 0 Å². The number of aromatic carboxylic acids is 1. The number of aromatic nitrogens is 1. The molecule has 1 amide bonds. The summed E-state index contributed by atoms with van der Waals surface area (Å²) in [5, 5.41) is 11.7. The van der Waals surface area contributed by atoms with E-state index in [-0.39, 0.29) is 27.0 Å². The van der Waals surface area contributed by atoms with E-state index < -0.39 is 11.9 Å². The number of aryl methyl sites for hydroxylation is 1. The van der Waals surface area contributed by atoms with Gasteiger partial charge >= 0.3 is 5.97 Å². The van der Waals surface area contributed by atoms with E-state index in [1.165, 1.54) is 18.2 Å². The van der Waals surface area contributed by atoms with Crippen molar-refractivity contribution in [1.29, 1.82) is 0 Å². The molecule has 0 aliphatic carbocycles. The van der Waals surface area contributed by atoms with Crippen LogP contribution in [0.2, 0.25) is 10.0 Å². The van der Waals surface area contributed by atoms with Crippen molar-refractivity contribution in [2.24, 2.45) is 0 Å². The van der Waals surface area contributed by atoms with Gasteiger partial charge in [0.15, 0.2) is 0 Å². The van der Waals surface area contributed by atoms with Crippen molar-refractivity contribution < 1.29 is 14.7 Å². The number of carbonyl (C=O) groups is 2. The molecule has 0 saturated carbocycles. The molecule has 0 atom stereocenters. The Morgan fingerprint density at radius 1 is 1.14 bits per heavy atom. The summed E-state index contributed by atoms with van der Waals surface area (Å²) in [5.41, 5.74) is 0.510. The second-order valence-electron chi connectivity index (χ2n) is 4.20. The summed E-state index contributed by atoms with van der Waals surface area (Å²) in [6.07, 6.45) is 0. The molecular formula is C14H10Cl2N2O3. The maximum Gasteiger partial charge on any atom is 0.339 e. The van der Waals surface area contributed by atoms with Crippen LogP contribution in [0.4, 0.5) is 5.69 Å². The van der Waals surface area contributed by atoms with E-state index in [2.05, 4.69) is 10.3 Å². The number of hydrogen-bond acceptors (Lipinski definition) is 3. The van der Waals surface area contributed by atoms with Crippen molar-refractivity contribution in [2.75, 3.05) is 5.32 Å². The molecule has 1 heterocycles. The van der Waals surface area contributed by atoms with Crippen LogP contribution in [0.3, 0.4) is 0 Å². The first-order chi connectivity index (χ1) is 9.90. The number of pyridine rings is 1. The number of anilines is 1. The summed E-state index contributed by atoms with van der Waals surface area (Å²) < 4.78 is 0. The van der Waals surface area contributed by atoms with Crippen LogP contribution in [0.25, 0.3) is 0 Å². The number of nitrogens with one attached hydrogen (secondary N) is 1. The van der Waals surface area contributed by atoms with Crippen LogP contribution in [-0.2, 0) is 0 Å². The Morgan fingerprint density at radius 3 is 2.43 bits per heavy atom. The molecule has 0 spiro atoms. The minimum Gasteiger partial charge on any atom is -0.478 e. The van der Waals surface area contributed by atoms with Gasteiger partial charge in [-0.05, 0) is 31.2 Å². The second kappa shape index (κ2) is 6.11. The third kappa shape index (κ3) is 3.32. The van der Waals surface area contributed by atoms with Gasteiger partial charge in [0.05, 0.1) is 15.7 Å². The first kappa shape index (κ1) is 15.3. The highest BCUT2D eigenvalue weighted by Crippen LogP contribution is 2.32. The number of carboxylic acids is 1. The molecule has 0 aliphatic rings. The van der Waals surface area contributed by atoms with Crippen molar-refractivity contribution in [3.8, 4) is 0 Å². The van der Waals surface area contributed by atoms with E-state index in [1.807, 2.05) is 0 Å². The Hall–Kier alpha value is -2.11. The normalized spacial score (nSPS) is 10.2. The topological polar surface area (TPSA) is 79.3 Å². The largest absolute Gasteiger partial charge is 0.478 e. The van der Waals surface area contributed by atoms with Crippen molar-refractivity contribution >= 4 is 40.8 Å². The third-order valence-electron chi connectivity index (χ3n) is 2.68. The molecule has 0 unspecified atom stereocenters. The van der Waals surface area contributed by atoms with Gasteiger partial charge < -0.3 is 10.4 Å². The monoisotopic (exact) mass is 324 g/mol. The standard InChI is InChI=1S/C14H10Cl2N2O3/c1-7-3-2-4-10(17-7)13(19)18-12-9(16)6-5-8(15)11(12)14(20)21/h2-6H,1H3,(H,18,19)(H,20,21). The maximum atomic E-state index is 12.1. The molecule has 0 aliphatic heterocycles. The van der Waals surface area contributed by atoms with E-state index in [9.17, 15) is 14.7 Å². The Labute approximate surface area is 130 Å². The lowest BCUT2D eigenvalue weighted by Gasteiger charge is -2.11. The number of amides is 1. The Kier molecular flexibility index (Phi) is 4.45. The Bertz CT molecular complexity index is 732. The van der Waals surface area contributed by atoms with Crippen molar-refractivity contribution in [1.82, 2.24) is 4.98 Å². The molecule has 7 heteroatoms. The van der Waals surface area contributed by atoms with Crippen LogP contribution < -0.4 is 5.32 Å². The zero-order chi connectivity index (χ0) is 15.6. The lowest BCUT2D eigenvalue weighted by molar-refractivity contribution is 0.0698. The van der Waals surface area contributed by atoms with Gasteiger partial charge in [-0.15, -0.1) is 0 Å². The van der Waals surface area contributed by atoms with Crippen LogP contribution in [-0.4, -0.2) is 22.0 Å². The van der Waals surface area contributed by atoms with Crippen molar-refractivity contribution in [2.45, 2.75) is 6.92 Å². The van der Waals surface area contributed by atoms with Crippen LogP contribution in [0, 0.1) is 6.92 Å². The zero-order valence-electron chi connectivity index (χ0n) is 10.9. The molecule has 0 bridgehead atoms. The molecule has 1 aromatic heterocycles. The number of carbonyl (C=O) groups excluding carboxylic acids is 1. The van der Waals surface area contributed by atoms with Gasteiger partial charge in [-0.25, -0.2) is 9.78 Å². The minimum absolute atomic E-state index is 0.0144.